The molecule has 2 rings (SSSR count). The highest BCUT2D eigenvalue weighted by atomic mass is 35.5. The van der Waals surface area contributed by atoms with Gasteiger partial charge in [0, 0.05) is 6.07 Å². The standard InChI is InChI=1S/C12H8Cl2F2N2O/c13-6-2-1-5(3-7(6)15)19-12-9(18)4-8(17)10(14)11(12)16/h1-4H,17-18H2. The Morgan fingerprint density at radius 2 is 1.68 bits per heavy atom. The summed E-state index contributed by atoms with van der Waals surface area (Å²) in [5.74, 6) is -1.89. The normalized spacial score (nSPS) is 10.5. The Bertz CT molecular complexity index is 650. The van der Waals surface area contributed by atoms with Crippen molar-refractivity contribution in [3.05, 3.63) is 45.9 Å². The maximum Gasteiger partial charge on any atom is 0.188 e. The van der Waals surface area contributed by atoms with E-state index in [-0.39, 0.29) is 32.9 Å². The first-order valence-electron chi connectivity index (χ1n) is 5.06. The van der Waals surface area contributed by atoms with E-state index in [9.17, 15) is 8.78 Å². The smallest absolute Gasteiger partial charge is 0.188 e. The number of rotatable bonds is 2. The quantitative estimate of drug-likeness (QED) is 0.816. The van der Waals surface area contributed by atoms with Crippen LogP contribution in [0.2, 0.25) is 10.0 Å². The van der Waals surface area contributed by atoms with Gasteiger partial charge in [0.25, 0.3) is 0 Å². The molecule has 7 heteroatoms. The largest absolute Gasteiger partial charge is 0.452 e. The van der Waals surface area contributed by atoms with E-state index in [0.29, 0.717) is 0 Å². The molecule has 0 aliphatic carbocycles. The first kappa shape index (κ1) is 13.7. The lowest BCUT2D eigenvalue weighted by atomic mass is 10.2. The molecule has 100 valence electrons. The Balaban J connectivity index is 2.43. The van der Waals surface area contributed by atoms with Crippen molar-refractivity contribution in [2.45, 2.75) is 0 Å². The molecule has 19 heavy (non-hydrogen) atoms. The van der Waals surface area contributed by atoms with E-state index in [4.69, 9.17) is 39.4 Å². The fourth-order valence-corrected chi connectivity index (χ4v) is 1.67. The zero-order valence-corrected chi connectivity index (χ0v) is 10.9. The number of nitrogen functional groups attached to an aromatic ring is 2. The molecule has 0 bridgehead atoms. The van der Waals surface area contributed by atoms with Crippen molar-refractivity contribution in [3.63, 3.8) is 0 Å². The Kier molecular flexibility index (Phi) is 3.68. The number of ether oxygens (including phenoxy) is 1. The minimum absolute atomic E-state index is 0.00805. The van der Waals surface area contributed by atoms with Gasteiger partial charge in [0.2, 0.25) is 0 Å². The second-order valence-corrected chi connectivity index (χ2v) is 4.48. The average Bonchev–Trinajstić information content (AvgIpc) is 2.36. The molecule has 0 heterocycles. The van der Waals surface area contributed by atoms with Crippen LogP contribution in [0, 0.1) is 11.6 Å². The van der Waals surface area contributed by atoms with E-state index < -0.39 is 11.6 Å². The second-order valence-electron chi connectivity index (χ2n) is 3.69. The highest BCUT2D eigenvalue weighted by molar-refractivity contribution is 6.33. The van der Waals surface area contributed by atoms with Crippen LogP contribution in [0.3, 0.4) is 0 Å². The van der Waals surface area contributed by atoms with Gasteiger partial charge in [0.05, 0.1) is 16.4 Å². The molecule has 0 saturated heterocycles. The molecule has 0 aromatic heterocycles. The molecule has 3 nitrogen and oxygen atoms in total. The number of anilines is 2. The van der Waals surface area contributed by atoms with E-state index in [1.807, 2.05) is 0 Å². The van der Waals surface area contributed by atoms with Gasteiger partial charge in [-0.25, -0.2) is 8.78 Å². The number of hydrogen-bond acceptors (Lipinski definition) is 3. The van der Waals surface area contributed by atoms with Crippen LogP contribution in [0.5, 0.6) is 11.5 Å². The third-order valence-corrected chi connectivity index (χ3v) is 3.02. The molecule has 0 aliphatic rings. The Hall–Kier alpha value is -1.72. The molecule has 4 N–H and O–H groups in total. The van der Waals surface area contributed by atoms with Gasteiger partial charge in [-0.05, 0) is 18.2 Å². The molecule has 0 amide bonds. The minimum atomic E-state index is -0.908. The van der Waals surface area contributed by atoms with Gasteiger partial charge >= 0.3 is 0 Å². The van der Waals surface area contributed by atoms with Gasteiger partial charge in [-0.3, -0.25) is 0 Å². The molecule has 2 aromatic carbocycles. The molecule has 0 saturated carbocycles. The minimum Gasteiger partial charge on any atom is -0.452 e. The van der Waals surface area contributed by atoms with Crippen LogP contribution in [-0.4, -0.2) is 0 Å². The van der Waals surface area contributed by atoms with Crippen molar-refractivity contribution in [3.8, 4) is 11.5 Å². The molecule has 0 aliphatic heterocycles. The summed E-state index contributed by atoms with van der Waals surface area (Å²) >= 11 is 11.2. The SMILES string of the molecule is Nc1cc(N)c(Oc2ccc(Cl)c(F)c2)c(F)c1Cl. The van der Waals surface area contributed by atoms with Crippen LogP contribution < -0.4 is 16.2 Å². The summed E-state index contributed by atoms with van der Waals surface area (Å²) in [7, 11) is 0. The maximum absolute atomic E-state index is 13.9. The van der Waals surface area contributed by atoms with Gasteiger partial charge in [-0.1, -0.05) is 23.2 Å². The first-order valence-corrected chi connectivity index (χ1v) is 5.81. The Morgan fingerprint density at radius 3 is 2.32 bits per heavy atom. The zero-order chi connectivity index (χ0) is 14.2. The van der Waals surface area contributed by atoms with E-state index in [1.54, 1.807) is 0 Å². The second kappa shape index (κ2) is 5.11. The molecule has 0 spiro atoms. The van der Waals surface area contributed by atoms with E-state index >= 15 is 0 Å². The first-order chi connectivity index (χ1) is 8.90. The van der Waals surface area contributed by atoms with E-state index in [0.717, 1.165) is 6.07 Å². The third-order valence-electron chi connectivity index (χ3n) is 2.33. The molecule has 2 aromatic rings. The Morgan fingerprint density at radius 1 is 1.00 bits per heavy atom. The van der Waals surface area contributed by atoms with Crippen molar-refractivity contribution in [1.29, 1.82) is 0 Å². The topological polar surface area (TPSA) is 61.3 Å². The molecule has 0 radical (unpaired) electrons. The summed E-state index contributed by atoms with van der Waals surface area (Å²) < 4.78 is 32.3. The monoisotopic (exact) mass is 304 g/mol. The van der Waals surface area contributed by atoms with Gasteiger partial charge in [-0.15, -0.1) is 0 Å². The number of halogens is 4. The van der Waals surface area contributed by atoms with Gasteiger partial charge < -0.3 is 16.2 Å². The lowest BCUT2D eigenvalue weighted by Crippen LogP contribution is -1.99. The van der Waals surface area contributed by atoms with Crippen LogP contribution in [-0.2, 0) is 0 Å². The van der Waals surface area contributed by atoms with Crippen LogP contribution in [0.4, 0.5) is 20.2 Å². The Labute approximate surface area is 117 Å². The number of benzene rings is 2. The lowest BCUT2D eigenvalue weighted by molar-refractivity contribution is 0.441. The molecule has 0 fully saturated rings. The van der Waals surface area contributed by atoms with E-state index in [1.165, 1.54) is 18.2 Å². The maximum atomic E-state index is 13.9. The predicted molar refractivity (Wildman–Crippen MR) is 71.7 cm³/mol. The highest BCUT2D eigenvalue weighted by Gasteiger charge is 2.17. The fourth-order valence-electron chi connectivity index (χ4n) is 1.41. The van der Waals surface area contributed by atoms with Crippen molar-refractivity contribution in [2.24, 2.45) is 0 Å². The molecular formula is C12H8Cl2F2N2O. The molecular weight excluding hydrogens is 297 g/mol. The summed E-state index contributed by atoms with van der Waals surface area (Å²) in [6, 6.07) is 4.91. The van der Waals surface area contributed by atoms with Crippen molar-refractivity contribution in [1.82, 2.24) is 0 Å². The van der Waals surface area contributed by atoms with Crippen LogP contribution in [0.25, 0.3) is 0 Å². The average molecular weight is 305 g/mol. The zero-order valence-electron chi connectivity index (χ0n) is 9.38. The number of nitrogens with two attached hydrogens (primary N) is 2. The van der Waals surface area contributed by atoms with Crippen LogP contribution in [0.15, 0.2) is 24.3 Å². The summed E-state index contributed by atoms with van der Waals surface area (Å²) in [5, 5.41) is -0.380. The highest BCUT2D eigenvalue weighted by Crippen LogP contribution is 2.38. The third kappa shape index (κ3) is 2.67. The fraction of sp³-hybridized carbons (Fsp3) is 0. The summed E-state index contributed by atoms with van der Waals surface area (Å²) in [5.41, 5.74) is 11.0. The van der Waals surface area contributed by atoms with Crippen molar-refractivity contribution >= 4 is 34.6 Å². The molecule has 0 atom stereocenters. The summed E-state index contributed by atoms with van der Waals surface area (Å²) in [6.45, 7) is 0. The van der Waals surface area contributed by atoms with Crippen molar-refractivity contribution < 1.29 is 13.5 Å². The van der Waals surface area contributed by atoms with Gasteiger partial charge in [-0.2, -0.15) is 0 Å². The van der Waals surface area contributed by atoms with E-state index in [2.05, 4.69) is 0 Å². The predicted octanol–water partition coefficient (Wildman–Crippen LogP) is 4.23. The van der Waals surface area contributed by atoms with Crippen molar-refractivity contribution in [2.75, 3.05) is 11.5 Å². The van der Waals surface area contributed by atoms with Crippen LogP contribution >= 0.6 is 23.2 Å². The number of hydrogen-bond donors (Lipinski definition) is 2. The van der Waals surface area contributed by atoms with Crippen LogP contribution in [0.1, 0.15) is 0 Å². The van der Waals surface area contributed by atoms with Gasteiger partial charge in [0.15, 0.2) is 11.6 Å². The summed E-state index contributed by atoms with van der Waals surface area (Å²) in [6.07, 6.45) is 0. The lowest BCUT2D eigenvalue weighted by Gasteiger charge is -2.12. The molecule has 0 unspecified atom stereocenters. The summed E-state index contributed by atoms with van der Waals surface area (Å²) in [4.78, 5) is 0. The van der Waals surface area contributed by atoms with Gasteiger partial charge in [0.1, 0.15) is 16.6 Å².